The molecule has 0 aliphatic rings. The number of likely N-dealkylation sites (N-methyl/N-ethyl adjacent to an activating group) is 1. The highest BCUT2D eigenvalue weighted by atomic mass is 15.2. The number of pyridine rings is 3. The Morgan fingerprint density at radius 2 is 0.969 bits per heavy atom. The fourth-order valence-electron chi connectivity index (χ4n) is 3.61. The van der Waals surface area contributed by atoms with Gasteiger partial charge < -0.3 is 0 Å². The van der Waals surface area contributed by atoms with Gasteiger partial charge in [-0.05, 0) is 61.2 Å². The summed E-state index contributed by atoms with van der Waals surface area (Å²) in [6.45, 7) is 10.9. The SMILES string of the molecule is CCc1ccc(CN(C)CCN(Cc2ccc(CC)cn2)Cc2ccc(CC)cn2)nc1. The molecule has 0 saturated carbocycles. The molecule has 32 heavy (non-hydrogen) atoms. The molecular formula is C27H37N5. The molecule has 0 unspecified atom stereocenters. The standard InChI is InChI=1S/C27H37N5/c1-5-22-8-11-25(28-16-22)19-31(4)14-15-32(20-26-12-9-23(6-2)17-29-26)21-27-13-10-24(7-3)18-30-27/h8-13,16-18H,5-7,14-15,19-21H2,1-4H3. The molecule has 0 aliphatic heterocycles. The third-order valence-corrected chi connectivity index (χ3v) is 5.88. The summed E-state index contributed by atoms with van der Waals surface area (Å²) in [5, 5.41) is 0. The van der Waals surface area contributed by atoms with Crippen LogP contribution in [0.3, 0.4) is 0 Å². The van der Waals surface area contributed by atoms with E-state index in [1.807, 2.05) is 18.6 Å². The van der Waals surface area contributed by atoms with Gasteiger partial charge in [0.05, 0.1) is 17.1 Å². The normalized spacial score (nSPS) is 11.4. The minimum Gasteiger partial charge on any atom is -0.299 e. The van der Waals surface area contributed by atoms with Crippen molar-refractivity contribution in [1.29, 1.82) is 0 Å². The van der Waals surface area contributed by atoms with Crippen LogP contribution in [0.15, 0.2) is 55.0 Å². The second-order valence-electron chi connectivity index (χ2n) is 8.48. The van der Waals surface area contributed by atoms with Gasteiger partial charge in [0, 0.05) is 51.3 Å². The smallest absolute Gasteiger partial charge is 0.0544 e. The molecule has 170 valence electrons. The van der Waals surface area contributed by atoms with Crippen molar-refractivity contribution in [2.24, 2.45) is 0 Å². The molecule has 0 bridgehead atoms. The Morgan fingerprint density at radius 1 is 0.562 bits per heavy atom. The first-order chi connectivity index (χ1) is 15.6. The molecule has 0 atom stereocenters. The van der Waals surface area contributed by atoms with Crippen LogP contribution in [0.25, 0.3) is 0 Å². The topological polar surface area (TPSA) is 45.2 Å². The molecule has 0 amide bonds. The molecule has 0 N–H and O–H groups in total. The summed E-state index contributed by atoms with van der Waals surface area (Å²) in [4.78, 5) is 18.7. The molecule has 3 aromatic heterocycles. The average molecular weight is 432 g/mol. The number of hydrogen-bond acceptors (Lipinski definition) is 5. The molecule has 0 fully saturated rings. The van der Waals surface area contributed by atoms with E-state index in [2.05, 4.69) is 89.0 Å². The van der Waals surface area contributed by atoms with Crippen molar-refractivity contribution >= 4 is 0 Å². The highest BCUT2D eigenvalue weighted by molar-refractivity contribution is 5.16. The maximum Gasteiger partial charge on any atom is 0.0544 e. The van der Waals surface area contributed by atoms with Gasteiger partial charge in [-0.2, -0.15) is 0 Å². The molecule has 0 aliphatic carbocycles. The Bertz CT molecular complexity index is 870. The zero-order valence-corrected chi connectivity index (χ0v) is 20.1. The number of aryl methyl sites for hydroxylation is 3. The van der Waals surface area contributed by atoms with Crippen molar-refractivity contribution in [3.63, 3.8) is 0 Å². The summed E-state index contributed by atoms with van der Waals surface area (Å²) in [6.07, 6.45) is 9.05. The van der Waals surface area contributed by atoms with Crippen LogP contribution in [0.2, 0.25) is 0 Å². The average Bonchev–Trinajstić information content (AvgIpc) is 2.84. The molecule has 0 radical (unpaired) electrons. The van der Waals surface area contributed by atoms with E-state index in [1.54, 1.807) is 0 Å². The van der Waals surface area contributed by atoms with E-state index < -0.39 is 0 Å². The van der Waals surface area contributed by atoms with E-state index in [9.17, 15) is 0 Å². The Hall–Kier alpha value is -2.63. The second kappa shape index (κ2) is 12.4. The van der Waals surface area contributed by atoms with E-state index in [0.29, 0.717) is 0 Å². The summed E-state index contributed by atoms with van der Waals surface area (Å²) in [6, 6.07) is 13.0. The third kappa shape index (κ3) is 7.50. The lowest BCUT2D eigenvalue weighted by molar-refractivity contribution is 0.204. The van der Waals surface area contributed by atoms with Gasteiger partial charge in [0.15, 0.2) is 0 Å². The van der Waals surface area contributed by atoms with E-state index in [4.69, 9.17) is 0 Å². The molecule has 5 nitrogen and oxygen atoms in total. The fraction of sp³-hybridized carbons (Fsp3) is 0.444. The quantitative estimate of drug-likeness (QED) is 0.416. The van der Waals surface area contributed by atoms with Gasteiger partial charge in [-0.25, -0.2) is 0 Å². The Labute approximate surface area is 193 Å². The van der Waals surface area contributed by atoms with Crippen LogP contribution in [0.1, 0.15) is 54.5 Å². The van der Waals surface area contributed by atoms with Crippen molar-refractivity contribution in [1.82, 2.24) is 24.8 Å². The maximum absolute atomic E-state index is 4.68. The summed E-state index contributed by atoms with van der Waals surface area (Å²) < 4.78 is 0. The highest BCUT2D eigenvalue weighted by Gasteiger charge is 2.11. The fourth-order valence-corrected chi connectivity index (χ4v) is 3.61. The lowest BCUT2D eigenvalue weighted by Crippen LogP contribution is -2.33. The second-order valence-corrected chi connectivity index (χ2v) is 8.48. The largest absolute Gasteiger partial charge is 0.299 e. The van der Waals surface area contributed by atoms with Crippen molar-refractivity contribution < 1.29 is 0 Å². The van der Waals surface area contributed by atoms with Gasteiger partial charge in [-0.1, -0.05) is 39.0 Å². The van der Waals surface area contributed by atoms with Crippen LogP contribution >= 0.6 is 0 Å². The molecule has 0 saturated heterocycles. The zero-order chi connectivity index (χ0) is 22.8. The predicted molar refractivity (Wildman–Crippen MR) is 131 cm³/mol. The third-order valence-electron chi connectivity index (χ3n) is 5.88. The summed E-state index contributed by atoms with van der Waals surface area (Å²) >= 11 is 0. The lowest BCUT2D eigenvalue weighted by Gasteiger charge is -2.25. The van der Waals surface area contributed by atoms with Gasteiger partial charge in [0.25, 0.3) is 0 Å². The van der Waals surface area contributed by atoms with Crippen LogP contribution in [0, 0.1) is 0 Å². The Balaban J connectivity index is 1.62. The van der Waals surface area contributed by atoms with Crippen LogP contribution in [-0.4, -0.2) is 44.9 Å². The van der Waals surface area contributed by atoms with Gasteiger partial charge >= 0.3 is 0 Å². The summed E-state index contributed by atoms with van der Waals surface area (Å²) in [5.41, 5.74) is 7.16. The van der Waals surface area contributed by atoms with Crippen LogP contribution < -0.4 is 0 Å². The van der Waals surface area contributed by atoms with Crippen molar-refractivity contribution in [3.05, 3.63) is 88.8 Å². The molecule has 5 heteroatoms. The molecule has 3 aromatic rings. The highest BCUT2D eigenvalue weighted by Crippen LogP contribution is 2.11. The summed E-state index contributed by atoms with van der Waals surface area (Å²) in [7, 11) is 2.16. The van der Waals surface area contributed by atoms with E-state index in [1.165, 1.54) is 16.7 Å². The first kappa shape index (κ1) is 24.0. The molecule has 3 heterocycles. The minimum absolute atomic E-state index is 0.818. The van der Waals surface area contributed by atoms with Gasteiger partial charge in [0.2, 0.25) is 0 Å². The molecule has 0 aromatic carbocycles. The van der Waals surface area contributed by atoms with Crippen LogP contribution in [0.4, 0.5) is 0 Å². The molecule has 0 spiro atoms. The number of hydrogen-bond donors (Lipinski definition) is 0. The van der Waals surface area contributed by atoms with Crippen molar-refractivity contribution in [2.75, 3.05) is 20.1 Å². The molecular weight excluding hydrogens is 394 g/mol. The maximum atomic E-state index is 4.68. The monoisotopic (exact) mass is 431 g/mol. The van der Waals surface area contributed by atoms with E-state index in [-0.39, 0.29) is 0 Å². The van der Waals surface area contributed by atoms with Gasteiger partial charge in [0.1, 0.15) is 0 Å². The van der Waals surface area contributed by atoms with Gasteiger partial charge in [-0.3, -0.25) is 24.8 Å². The Kier molecular flexibility index (Phi) is 9.32. The minimum atomic E-state index is 0.818. The summed E-state index contributed by atoms with van der Waals surface area (Å²) in [5.74, 6) is 0. The number of rotatable bonds is 12. The predicted octanol–water partition coefficient (Wildman–Crippen LogP) is 4.69. The first-order valence-electron chi connectivity index (χ1n) is 11.8. The first-order valence-corrected chi connectivity index (χ1v) is 11.8. The Morgan fingerprint density at radius 3 is 1.31 bits per heavy atom. The van der Waals surface area contributed by atoms with Gasteiger partial charge in [-0.15, -0.1) is 0 Å². The van der Waals surface area contributed by atoms with Crippen molar-refractivity contribution in [2.45, 2.75) is 59.7 Å². The van der Waals surface area contributed by atoms with Crippen molar-refractivity contribution in [3.8, 4) is 0 Å². The van der Waals surface area contributed by atoms with E-state index >= 15 is 0 Å². The van der Waals surface area contributed by atoms with Crippen LogP contribution in [-0.2, 0) is 38.9 Å². The van der Waals surface area contributed by atoms with E-state index in [0.717, 1.165) is 69.1 Å². The lowest BCUT2D eigenvalue weighted by atomic mass is 10.2. The zero-order valence-electron chi connectivity index (χ0n) is 20.1. The number of nitrogens with zero attached hydrogens (tertiary/aromatic N) is 5. The molecule has 3 rings (SSSR count). The number of aromatic nitrogens is 3. The van der Waals surface area contributed by atoms with Crippen LogP contribution in [0.5, 0.6) is 0 Å².